The Kier molecular flexibility index (Phi) is 4.86. The first-order chi connectivity index (χ1) is 11.8. The van der Waals surface area contributed by atoms with Gasteiger partial charge in [0.15, 0.2) is 9.84 Å². The number of fused-ring (bicyclic) bond motifs is 1. The van der Waals surface area contributed by atoms with E-state index < -0.39 is 21.7 Å². The lowest BCUT2D eigenvalue weighted by Gasteiger charge is -2.13. The summed E-state index contributed by atoms with van der Waals surface area (Å²) in [5, 5.41) is 0.426. The summed E-state index contributed by atoms with van der Waals surface area (Å²) in [4.78, 5) is 25.6. The first-order valence-corrected chi connectivity index (χ1v) is 9.85. The van der Waals surface area contributed by atoms with E-state index in [4.69, 9.17) is 23.2 Å². The molecule has 0 spiro atoms. The Bertz CT molecular complexity index is 937. The predicted octanol–water partition coefficient (Wildman–Crippen LogP) is 3.45. The fourth-order valence-corrected chi connectivity index (χ4v) is 4.32. The molecule has 25 heavy (non-hydrogen) atoms. The van der Waals surface area contributed by atoms with Gasteiger partial charge in [-0.3, -0.25) is 14.5 Å². The number of halogens is 2. The molecule has 0 fully saturated rings. The van der Waals surface area contributed by atoms with E-state index in [1.54, 1.807) is 24.3 Å². The zero-order valence-electron chi connectivity index (χ0n) is 12.9. The highest BCUT2D eigenvalue weighted by Gasteiger charge is 2.34. The molecule has 5 nitrogen and oxygen atoms in total. The SMILES string of the molecule is O=C1c2ccccc2C(=O)N1CCCS(=O)(=O)c1ccc(Cl)c(Cl)c1. The van der Waals surface area contributed by atoms with Crippen LogP contribution < -0.4 is 0 Å². The van der Waals surface area contributed by atoms with Gasteiger partial charge >= 0.3 is 0 Å². The molecule has 130 valence electrons. The average Bonchev–Trinajstić information content (AvgIpc) is 2.82. The lowest BCUT2D eigenvalue weighted by molar-refractivity contribution is 0.0654. The molecule has 0 saturated carbocycles. The van der Waals surface area contributed by atoms with Gasteiger partial charge in [-0.05, 0) is 36.8 Å². The molecule has 0 atom stereocenters. The smallest absolute Gasteiger partial charge is 0.261 e. The Morgan fingerprint density at radius 2 is 1.48 bits per heavy atom. The van der Waals surface area contributed by atoms with Crippen LogP contribution in [0.25, 0.3) is 0 Å². The molecule has 0 aliphatic carbocycles. The average molecular weight is 398 g/mol. The maximum Gasteiger partial charge on any atom is 0.261 e. The van der Waals surface area contributed by atoms with Gasteiger partial charge in [0.05, 0.1) is 31.8 Å². The van der Waals surface area contributed by atoms with Crippen LogP contribution in [0.5, 0.6) is 0 Å². The van der Waals surface area contributed by atoms with Crippen molar-refractivity contribution in [1.29, 1.82) is 0 Å². The molecule has 0 bridgehead atoms. The molecule has 0 N–H and O–H groups in total. The molecule has 0 radical (unpaired) electrons. The van der Waals surface area contributed by atoms with Crippen LogP contribution in [0.15, 0.2) is 47.4 Å². The summed E-state index contributed by atoms with van der Waals surface area (Å²) in [5.74, 6) is -1.00. The van der Waals surface area contributed by atoms with E-state index in [0.717, 1.165) is 4.90 Å². The van der Waals surface area contributed by atoms with Crippen molar-refractivity contribution in [2.75, 3.05) is 12.3 Å². The third kappa shape index (κ3) is 3.42. The molecule has 1 aliphatic heterocycles. The molecule has 8 heteroatoms. The number of carbonyl (C=O) groups excluding carboxylic acids is 2. The normalized spacial score (nSPS) is 14.1. The van der Waals surface area contributed by atoms with Gasteiger partial charge in [-0.15, -0.1) is 0 Å². The van der Waals surface area contributed by atoms with E-state index >= 15 is 0 Å². The van der Waals surface area contributed by atoms with Crippen molar-refractivity contribution in [3.63, 3.8) is 0 Å². The summed E-state index contributed by atoms with van der Waals surface area (Å²) in [5.41, 5.74) is 0.694. The molecular weight excluding hydrogens is 385 g/mol. The van der Waals surface area contributed by atoms with E-state index in [1.807, 2.05) is 0 Å². The predicted molar refractivity (Wildman–Crippen MR) is 94.9 cm³/mol. The fraction of sp³-hybridized carbons (Fsp3) is 0.176. The number of hydrogen-bond acceptors (Lipinski definition) is 4. The zero-order chi connectivity index (χ0) is 18.2. The van der Waals surface area contributed by atoms with Crippen molar-refractivity contribution in [2.24, 2.45) is 0 Å². The van der Waals surface area contributed by atoms with Crippen molar-refractivity contribution in [1.82, 2.24) is 4.90 Å². The molecule has 2 aromatic carbocycles. The van der Waals surface area contributed by atoms with Crippen LogP contribution in [-0.2, 0) is 9.84 Å². The Balaban J connectivity index is 1.68. The molecule has 0 aromatic heterocycles. The maximum absolute atomic E-state index is 12.4. The van der Waals surface area contributed by atoms with E-state index in [1.165, 1.54) is 18.2 Å². The van der Waals surface area contributed by atoms with Gasteiger partial charge in [0, 0.05) is 6.54 Å². The standard InChI is InChI=1S/C17H13Cl2NO4S/c18-14-7-6-11(10-15(14)19)25(23,24)9-3-8-20-16(21)12-4-1-2-5-13(12)17(20)22/h1-2,4-7,10H,3,8-9H2. The van der Waals surface area contributed by atoms with Crippen LogP contribution >= 0.6 is 23.2 Å². The molecule has 0 unspecified atom stereocenters. The van der Waals surface area contributed by atoms with Gasteiger partial charge < -0.3 is 0 Å². The molecule has 1 aliphatic rings. The molecule has 2 amide bonds. The highest BCUT2D eigenvalue weighted by atomic mass is 35.5. The first-order valence-electron chi connectivity index (χ1n) is 7.44. The van der Waals surface area contributed by atoms with E-state index in [0.29, 0.717) is 11.1 Å². The van der Waals surface area contributed by atoms with Crippen molar-refractivity contribution in [2.45, 2.75) is 11.3 Å². The summed E-state index contributed by atoms with van der Waals surface area (Å²) in [6.07, 6.45) is 0.133. The summed E-state index contributed by atoms with van der Waals surface area (Å²) < 4.78 is 24.7. The van der Waals surface area contributed by atoms with Crippen LogP contribution in [0.1, 0.15) is 27.1 Å². The molecule has 1 heterocycles. The molecule has 3 rings (SSSR count). The Labute approximate surface area is 155 Å². The molecule has 0 saturated heterocycles. The minimum absolute atomic E-state index is 0.0346. The third-order valence-corrected chi connectivity index (χ3v) is 6.46. The lowest BCUT2D eigenvalue weighted by Crippen LogP contribution is -2.31. The zero-order valence-corrected chi connectivity index (χ0v) is 15.2. The number of sulfone groups is 1. The van der Waals surface area contributed by atoms with Crippen molar-refractivity contribution < 1.29 is 18.0 Å². The van der Waals surface area contributed by atoms with Crippen molar-refractivity contribution in [3.8, 4) is 0 Å². The van der Waals surface area contributed by atoms with Gasteiger partial charge in [-0.2, -0.15) is 0 Å². The number of rotatable bonds is 5. The summed E-state index contributed by atoms with van der Waals surface area (Å²) in [6, 6.07) is 10.6. The van der Waals surface area contributed by atoms with Gasteiger partial charge in [-0.1, -0.05) is 35.3 Å². The highest BCUT2D eigenvalue weighted by Crippen LogP contribution is 2.26. The van der Waals surface area contributed by atoms with Crippen LogP contribution in [0.3, 0.4) is 0 Å². The van der Waals surface area contributed by atoms with Crippen LogP contribution in [0, 0.1) is 0 Å². The third-order valence-electron chi connectivity index (χ3n) is 3.92. The Hall–Kier alpha value is -1.89. The minimum atomic E-state index is -3.59. The Morgan fingerprint density at radius 3 is 2.04 bits per heavy atom. The second-order valence-corrected chi connectivity index (χ2v) is 8.48. The maximum atomic E-state index is 12.4. The molecule has 2 aromatic rings. The second-order valence-electron chi connectivity index (χ2n) is 5.56. The minimum Gasteiger partial charge on any atom is -0.274 e. The highest BCUT2D eigenvalue weighted by molar-refractivity contribution is 7.91. The number of amides is 2. The Morgan fingerprint density at radius 1 is 0.880 bits per heavy atom. The number of carbonyl (C=O) groups is 2. The second kappa shape index (κ2) is 6.78. The summed E-state index contributed by atoms with van der Waals surface area (Å²) >= 11 is 11.6. The number of nitrogens with zero attached hydrogens (tertiary/aromatic N) is 1. The van der Waals surface area contributed by atoms with Crippen molar-refractivity contribution >= 4 is 44.9 Å². The van der Waals surface area contributed by atoms with Gasteiger partial charge in [0.2, 0.25) is 0 Å². The van der Waals surface area contributed by atoms with Gasteiger partial charge in [-0.25, -0.2) is 8.42 Å². The lowest BCUT2D eigenvalue weighted by atomic mass is 10.1. The fourth-order valence-electron chi connectivity index (χ4n) is 2.64. The number of benzene rings is 2. The number of hydrogen-bond donors (Lipinski definition) is 0. The van der Waals surface area contributed by atoms with Crippen LogP contribution in [0.2, 0.25) is 10.0 Å². The van der Waals surface area contributed by atoms with Gasteiger partial charge in [0.25, 0.3) is 11.8 Å². The quantitative estimate of drug-likeness (QED) is 0.724. The van der Waals surface area contributed by atoms with E-state index in [-0.39, 0.29) is 33.7 Å². The monoisotopic (exact) mass is 397 g/mol. The van der Waals surface area contributed by atoms with Gasteiger partial charge in [0.1, 0.15) is 0 Å². The summed E-state index contributed by atoms with van der Waals surface area (Å²) in [6.45, 7) is 0.0346. The van der Waals surface area contributed by atoms with Crippen LogP contribution in [-0.4, -0.2) is 37.4 Å². The number of imide groups is 1. The molecular formula is C17H13Cl2NO4S. The van der Waals surface area contributed by atoms with Crippen LogP contribution in [0.4, 0.5) is 0 Å². The van der Waals surface area contributed by atoms with Crippen molar-refractivity contribution in [3.05, 3.63) is 63.6 Å². The topological polar surface area (TPSA) is 71.5 Å². The largest absolute Gasteiger partial charge is 0.274 e. The first kappa shape index (κ1) is 17.9. The van der Waals surface area contributed by atoms with E-state index in [9.17, 15) is 18.0 Å². The van der Waals surface area contributed by atoms with E-state index in [2.05, 4.69) is 0 Å². The summed E-state index contributed by atoms with van der Waals surface area (Å²) in [7, 11) is -3.59.